The first kappa shape index (κ1) is 13.7. The topological polar surface area (TPSA) is 27.1 Å². The van der Waals surface area contributed by atoms with E-state index in [1.54, 1.807) is 0 Å². The van der Waals surface area contributed by atoms with Crippen LogP contribution in [0.25, 0.3) is 0 Å². The molecule has 0 aliphatic heterocycles. The van der Waals surface area contributed by atoms with Crippen molar-refractivity contribution in [1.29, 1.82) is 0 Å². The fraction of sp³-hybridized carbons (Fsp3) is 0.750. The molecule has 0 aliphatic rings. The monoisotopic (exact) mass is 288 g/mol. The zero-order chi connectivity index (χ0) is 12.1. The van der Waals surface area contributed by atoms with E-state index in [9.17, 15) is 0 Å². The molecule has 0 fully saturated rings. The van der Waals surface area contributed by atoms with Gasteiger partial charge in [0.1, 0.15) is 0 Å². The van der Waals surface area contributed by atoms with Crippen molar-refractivity contribution in [3.05, 3.63) is 16.4 Å². The normalized spacial score (nSPS) is 11.7. The summed E-state index contributed by atoms with van der Waals surface area (Å²) in [5.41, 5.74) is 1.13. The lowest BCUT2D eigenvalue weighted by Gasteiger charge is -2.11. The molecule has 1 rings (SSSR count). The summed E-state index contributed by atoms with van der Waals surface area (Å²) >= 11 is 3.51. The van der Waals surface area contributed by atoms with Gasteiger partial charge in [0.05, 0.1) is 23.0 Å². The van der Waals surface area contributed by atoms with Gasteiger partial charge in [-0.05, 0) is 27.8 Å². The van der Waals surface area contributed by atoms with Crippen molar-refractivity contribution >= 4 is 15.9 Å². The minimum atomic E-state index is 0.570. The zero-order valence-electron chi connectivity index (χ0n) is 10.5. The summed E-state index contributed by atoms with van der Waals surface area (Å²) in [5, 5.41) is 4.34. The third kappa shape index (κ3) is 4.26. The molecule has 0 aromatic carbocycles. The average molecular weight is 289 g/mol. The largest absolute Gasteiger partial charge is 0.375 e. The molecule has 0 unspecified atom stereocenters. The summed E-state index contributed by atoms with van der Waals surface area (Å²) in [6.45, 7) is 11.0. The van der Waals surface area contributed by atoms with E-state index in [2.05, 4.69) is 48.7 Å². The van der Waals surface area contributed by atoms with E-state index in [4.69, 9.17) is 4.74 Å². The number of hydrogen-bond donors (Lipinski definition) is 0. The highest BCUT2D eigenvalue weighted by atomic mass is 79.9. The van der Waals surface area contributed by atoms with Crippen LogP contribution in [0.1, 0.15) is 33.4 Å². The van der Waals surface area contributed by atoms with Gasteiger partial charge in [0.25, 0.3) is 0 Å². The van der Waals surface area contributed by atoms with Crippen LogP contribution in [0.15, 0.2) is 10.7 Å². The average Bonchev–Trinajstić information content (AvgIpc) is 2.48. The molecule has 0 N–H and O–H groups in total. The first-order chi connectivity index (χ1) is 7.50. The van der Waals surface area contributed by atoms with E-state index < -0.39 is 0 Å². The van der Waals surface area contributed by atoms with Gasteiger partial charge in [-0.2, -0.15) is 5.10 Å². The van der Waals surface area contributed by atoms with E-state index in [-0.39, 0.29) is 0 Å². The Hall–Kier alpha value is -0.350. The summed E-state index contributed by atoms with van der Waals surface area (Å²) in [4.78, 5) is 0. The summed E-state index contributed by atoms with van der Waals surface area (Å²) in [5.74, 6) is 1.16. The van der Waals surface area contributed by atoms with Gasteiger partial charge >= 0.3 is 0 Å². The highest BCUT2D eigenvalue weighted by Gasteiger charge is 2.10. The van der Waals surface area contributed by atoms with E-state index in [0.29, 0.717) is 18.4 Å². The summed E-state index contributed by atoms with van der Waals surface area (Å²) in [6.07, 6.45) is 1.84. The maximum Gasteiger partial charge on any atom is 0.0896 e. The molecule has 92 valence electrons. The lowest BCUT2D eigenvalue weighted by molar-refractivity contribution is 0.0911. The van der Waals surface area contributed by atoms with Gasteiger partial charge < -0.3 is 4.74 Å². The second kappa shape index (κ2) is 6.40. The molecule has 0 saturated heterocycles. The quantitative estimate of drug-likeness (QED) is 0.801. The molecule has 1 aromatic rings. The number of nitrogens with zero attached hydrogens (tertiary/aromatic N) is 2. The number of halogens is 1. The van der Waals surface area contributed by atoms with Crippen LogP contribution in [0.4, 0.5) is 0 Å². The second-order valence-corrected chi connectivity index (χ2v) is 5.78. The van der Waals surface area contributed by atoms with E-state index in [1.165, 1.54) is 0 Å². The first-order valence-corrected chi connectivity index (χ1v) is 6.58. The van der Waals surface area contributed by atoms with Crippen LogP contribution in [-0.2, 0) is 17.9 Å². The van der Waals surface area contributed by atoms with Gasteiger partial charge in [0.2, 0.25) is 0 Å². The van der Waals surface area contributed by atoms with Crippen LogP contribution in [0.5, 0.6) is 0 Å². The van der Waals surface area contributed by atoms with Crippen molar-refractivity contribution in [2.45, 2.75) is 40.8 Å². The predicted octanol–water partition coefficient (Wildman–Crippen LogP) is 3.47. The van der Waals surface area contributed by atoms with Gasteiger partial charge in [-0.1, -0.05) is 27.7 Å². The van der Waals surface area contributed by atoms with E-state index in [1.807, 2.05) is 10.9 Å². The number of hydrogen-bond acceptors (Lipinski definition) is 2. The molecule has 1 aromatic heterocycles. The van der Waals surface area contributed by atoms with Crippen LogP contribution in [-0.4, -0.2) is 16.4 Å². The summed E-state index contributed by atoms with van der Waals surface area (Å²) in [6, 6.07) is 0. The molecular formula is C12H21BrN2O. The Balaban J connectivity index is 2.59. The van der Waals surface area contributed by atoms with Crippen LogP contribution >= 0.6 is 15.9 Å². The minimum absolute atomic E-state index is 0.570. The first-order valence-electron chi connectivity index (χ1n) is 5.78. The minimum Gasteiger partial charge on any atom is -0.375 e. The maximum atomic E-state index is 5.65. The molecule has 4 heteroatoms. The molecule has 0 atom stereocenters. The molecule has 0 aliphatic carbocycles. The smallest absolute Gasteiger partial charge is 0.0896 e. The van der Waals surface area contributed by atoms with Gasteiger partial charge in [-0.15, -0.1) is 0 Å². The standard InChI is InChI=1S/C12H21BrN2O/c1-9(2)6-15-12(11(13)5-14-15)8-16-7-10(3)4/h5,9-10H,6-8H2,1-4H3. The Kier molecular flexibility index (Phi) is 5.49. The predicted molar refractivity (Wildman–Crippen MR) is 69.3 cm³/mol. The van der Waals surface area contributed by atoms with Crippen molar-refractivity contribution in [2.75, 3.05) is 6.61 Å². The third-order valence-corrected chi connectivity index (χ3v) is 2.79. The van der Waals surface area contributed by atoms with Crippen molar-refractivity contribution in [1.82, 2.24) is 9.78 Å². The molecule has 16 heavy (non-hydrogen) atoms. The highest BCUT2D eigenvalue weighted by molar-refractivity contribution is 9.10. The number of rotatable bonds is 6. The molecule has 1 heterocycles. The molecule has 0 bridgehead atoms. The Morgan fingerprint density at radius 2 is 2.00 bits per heavy atom. The molecule has 0 amide bonds. The van der Waals surface area contributed by atoms with Gasteiger partial charge in [-0.25, -0.2) is 0 Å². The molecule has 0 saturated carbocycles. The lowest BCUT2D eigenvalue weighted by Crippen LogP contribution is -2.12. The Morgan fingerprint density at radius 3 is 2.56 bits per heavy atom. The highest BCUT2D eigenvalue weighted by Crippen LogP contribution is 2.18. The Bertz CT molecular complexity index is 321. The van der Waals surface area contributed by atoms with Crippen molar-refractivity contribution < 1.29 is 4.74 Å². The van der Waals surface area contributed by atoms with Crippen molar-refractivity contribution in [3.63, 3.8) is 0 Å². The summed E-state index contributed by atoms with van der Waals surface area (Å²) in [7, 11) is 0. The number of ether oxygens (including phenoxy) is 1. The number of aromatic nitrogens is 2. The second-order valence-electron chi connectivity index (χ2n) is 4.92. The van der Waals surface area contributed by atoms with Crippen LogP contribution < -0.4 is 0 Å². The van der Waals surface area contributed by atoms with Crippen LogP contribution in [0.2, 0.25) is 0 Å². The Morgan fingerprint density at radius 1 is 1.31 bits per heavy atom. The third-order valence-electron chi connectivity index (χ3n) is 2.13. The van der Waals surface area contributed by atoms with E-state index >= 15 is 0 Å². The zero-order valence-corrected chi connectivity index (χ0v) is 12.1. The van der Waals surface area contributed by atoms with Gasteiger partial charge in [0, 0.05) is 13.2 Å². The fourth-order valence-corrected chi connectivity index (χ4v) is 1.84. The van der Waals surface area contributed by atoms with Crippen molar-refractivity contribution in [3.8, 4) is 0 Å². The SMILES string of the molecule is CC(C)COCc1c(Br)cnn1CC(C)C. The van der Waals surface area contributed by atoms with Gasteiger partial charge in [0.15, 0.2) is 0 Å². The molecule has 0 radical (unpaired) electrons. The lowest BCUT2D eigenvalue weighted by atomic mass is 10.2. The van der Waals surface area contributed by atoms with Crippen LogP contribution in [0, 0.1) is 11.8 Å². The van der Waals surface area contributed by atoms with Crippen LogP contribution in [0.3, 0.4) is 0 Å². The fourth-order valence-electron chi connectivity index (χ4n) is 1.43. The molecule has 3 nitrogen and oxygen atoms in total. The van der Waals surface area contributed by atoms with E-state index in [0.717, 1.165) is 23.3 Å². The molecular weight excluding hydrogens is 268 g/mol. The Labute approximate surface area is 106 Å². The maximum absolute atomic E-state index is 5.65. The summed E-state index contributed by atoms with van der Waals surface area (Å²) < 4.78 is 8.71. The van der Waals surface area contributed by atoms with Crippen molar-refractivity contribution in [2.24, 2.45) is 11.8 Å². The molecule has 0 spiro atoms. The van der Waals surface area contributed by atoms with Gasteiger partial charge in [-0.3, -0.25) is 4.68 Å².